The monoisotopic (exact) mass is 232 g/mol. The van der Waals surface area contributed by atoms with Gasteiger partial charge in [-0.25, -0.2) is 0 Å². The quantitative estimate of drug-likeness (QED) is 0.840. The minimum atomic E-state index is 0.351. The van der Waals surface area contributed by atoms with E-state index < -0.39 is 0 Å². The number of rotatable bonds is 2. The molecule has 1 N–H and O–H groups in total. The first-order chi connectivity index (χ1) is 6.65. The predicted molar refractivity (Wildman–Crippen MR) is 57.0 cm³/mol. The highest BCUT2D eigenvalue weighted by Crippen LogP contribution is 2.23. The van der Waals surface area contributed by atoms with Gasteiger partial charge in [0.2, 0.25) is 0 Å². The lowest BCUT2D eigenvalue weighted by atomic mass is 10.1. The van der Waals surface area contributed by atoms with Crippen LogP contribution in [0.1, 0.15) is 0 Å². The molecule has 4 nitrogen and oxygen atoms in total. The Labute approximate surface area is 92.2 Å². The summed E-state index contributed by atoms with van der Waals surface area (Å²) in [5.74, 6) is 0. The van der Waals surface area contributed by atoms with E-state index in [-0.39, 0.29) is 0 Å². The van der Waals surface area contributed by atoms with Gasteiger partial charge >= 0.3 is 0 Å². The van der Waals surface area contributed by atoms with Crippen molar-refractivity contribution in [2.45, 2.75) is 6.04 Å². The van der Waals surface area contributed by atoms with Crippen LogP contribution in [0.15, 0.2) is 6.07 Å². The molecule has 6 heteroatoms. The normalized spacial score (nSPS) is 17.9. The van der Waals surface area contributed by atoms with Crippen LogP contribution in [0.3, 0.4) is 0 Å². The average molecular weight is 233 g/mol. The molecule has 0 amide bonds. The third-order valence-electron chi connectivity index (χ3n) is 2.14. The van der Waals surface area contributed by atoms with Crippen molar-refractivity contribution in [1.29, 1.82) is 0 Å². The molecule has 1 aliphatic rings. The first-order valence-electron chi connectivity index (χ1n) is 4.29. The van der Waals surface area contributed by atoms with Gasteiger partial charge in [-0.3, -0.25) is 0 Å². The van der Waals surface area contributed by atoms with Crippen LogP contribution in [0.2, 0.25) is 10.3 Å². The summed E-state index contributed by atoms with van der Waals surface area (Å²) in [4.78, 5) is 2.21. The lowest BCUT2D eigenvalue weighted by molar-refractivity contribution is 0.205. The van der Waals surface area contributed by atoms with Crippen LogP contribution in [0.25, 0.3) is 0 Å². The average Bonchev–Trinajstić information content (AvgIpc) is 2.09. The summed E-state index contributed by atoms with van der Waals surface area (Å²) in [7, 11) is 2.07. The van der Waals surface area contributed by atoms with Crippen LogP contribution in [-0.4, -0.2) is 41.3 Å². The third-order valence-corrected chi connectivity index (χ3v) is 2.61. The number of halogens is 2. The maximum atomic E-state index is 5.85. The predicted octanol–water partition coefficient (Wildman–Crippen LogP) is 1.51. The summed E-state index contributed by atoms with van der Waals surface area (Å²) in [5, 5.41) is 11.3. The van der Waals surface area contributed by atoms with Crippen molar-refractivity contribution >= 4 is 28.9 Å². The molecule has 1 aliphatic heterocycles. The van der Waals surface area contributed by atoms with E-state index in [9.17, 15) is 0 Å². The SMILES string of the molecule is CN1CC(Nc2cc(Cl)nnc2Cl)C1. The van der Waals surface area contributed by atoms with Gasteiger partial charge < -0.3 is 10.2 Å². The maximum Gasteiger partial charge on any atom is 0.174 e. The number of likely N-dealkylation sites (N-methyl/N-ethyl adjacent to an activating group) is 1. The van der Waals surface area contributed by atoms with Gasteiger partial charge in [0.25, 0.3) is 0 Å². The first kappa shape index (κ1) is 9.96. The zero-order valence-corrected chi connectivity index (χ0v) is 9.18. The molecule has 76 valence electrons. The lowest BCUT2D eigenvalue weighted by Crippen LogP contribution is -2.52. The molecule has 0 unspecified atom stereocenters. The van der Waals surface area contributed by atoms with Crippen molar-refractivity contribution in [3.63, 3.8) is 0 Å². The second-order valence-electron chi connectivity index (χ2n) is 3.43. The van der Waals surface area contributed by atoms with Gasteiger partial charge in [-0.1, -0.05) is 23.2 Å². The molecule has 0 bridgehead atoms. The van der Waals surface area contributed by atoms with Gasteiger partial charge in [-0.2, -0.15) is 0 Å². The van der Waals surface area contributed by atoms with Crippen molar-refractivity contribution < 1.29 is 0 Å². The highest BCUT2D eigenvalue weighted by Gasteiger charge is 2.23. The van der Waals surface area contributed by atoms with Crippen molar-refractivity contribution in [2.75, 3.05) is 25.5 Å². The Kier molecular flexibility index (Phi) is 2.76. The van der Waals surface area contributed by atoms with E-state index in [1.165, 1.54) is 0 Å². The molecule has 0 spiro atoms. The van der Waals surface area contributed by atoms with Crippen molar-refractivity contribution in [3.05, 3.63) is 16.4 Å². The van der Waals surface area contributed by atoms with Crippen LogP contribution in [0.4, 0.5) is 5.69 Å². The second-order valence-corrected chi connectivity index (χ2v) is 4.18. The number of nitrogens with one attached hydrogen (secondary N) is 1. The summed E-state index contributed by atoms with van der Waals surface area (Å²) in [5.41, 5.74) is 0.754. The Hall–Kier alpha value is -0.580. The third kappa shape index (κ3) is 2.08. The summed E-state index contributed by atoms with van der Waals surface area (Å²) < 4.78 is 0. The van der Waals surface area contributed by atoms with Crippen LogP contribution in [-0.2, 0) is 0 Å². The molecule has 0 aromatic carbocycles. The maximum absolute atomic E-state index is 5.85. The number of nitrogens with zero attached hydrogens (tertiary/aromatic N) is 3. The Balaban J connectivity index is 2.05. The van der Waals surface area contributed by atoms with Gasteiger partial charge in [0.15, 0.2) is 10.3 Å². The summed E-state index contributed by atoms with van der Waals surface area (Å²) in [6.45, 7) is 2.02. The van der Waals surface area contributed by atoms with Crippen molar-refractivity contribution in [1.82, 2.24) is 15.1 Å². The highest BCUT2D eigenvalue weighted by molar-refractivity contribution is 6.33. The van der Waals surface area contributed by atoms with Gasteiger partial charge in [0, 0.05) is 19.2 Å². The van der Waals surface area contributed by atoms with E-state index in [1.807, 2.05) is 0 Å². The van der Waals surface area contributed by atoms with Crippen molar-refractivity contribution in [3.8, 4) is 0 Å². The zero-order chi connectivity index (χ0) is 10.1. The smallest absolute Gasteiger partial charge is 0.174 e. The van der Waals surface area contributed by atoms with Crippen LogP contribution in [0.5, 0.6) is 0 Å². The molecular formula is C8H10Cl2N4. The molecule has 0 radical (unpaired) electrons. The molecule has 14 heavy (non-hydrogen) atoms. The molecular weight excluding hydrogens is 223 g/mol. The topological polar surface area (TPSA) is 41.0 Å². The number of likely N-dealkylation sites (tertiary alicyclic amines) is 1. The van der Waals surface area contributed by atoms with E-state index in [2.05, 4.69) is 27.5 Å². The van der Waals surface area contributed by atoms with Crippen LogP contribution < -0.4 is 5.32 Å². The Bertz CT molecular complexity index is 338. The fourth-order valence-corrected chi connectivity index (χ4v) is 1.76. The fraction of sp³-hybridized carbons (Fsp3) is 0.500. The molecule has 2 heterocycles. The highest BCUT2D eigenvalue weighted by atomic mass is 35.5. The van der Waals surface area contributed by atoms with Gasteiger partial charge in [0.1, 0.15) is 0 Å². The van der Waals surface area contributed by atoms with Gasteiger partial charge in [0.05, 0.1) is 11.7 Å². The van der Waals surface area contributed by atoms with Gasteiger partial charge in [-0.15, -0.1) is 10.2 Å². The summed E-state index contributed by atoms with van der Waals surface area (Å²) in [6, 6.07) is 2.12. The molecule has 1 aromatic rings. The number of hydrogen-bond acceptors (Lipinski definition) is 4. The van der Waals surface area contributed by atoms with E-state index in [0.717, 1.165) is 18.8 Å². The Morgan fingerprint density at radius 1 is 1.43 bits per heavy atom. The van der Waals surface area contributed by atoms with Crippen LogP contribution in [0, 0.1) is 0 Å². The summed E-state index contributed by atoms with van der Waals surface area (Å²) >= 11 is 11.6. The zero-order valence-electron chi connectivity index (χ0n) is 7.67. The molecule has 1 saturated heterocycles. The molecule has 2 rings (SSSR count). The lowest BCUT2D eigenvalue weighted by Gasteiger charge is -2.37. The van der Waals surface area contributed by atoms with E-state index >= 15 is 0 Å². The molecule has 0 saturated carbocycles. The standard InChI is InChI=1S/C8H10Cl2N4/c1-14-3-5(4-14)11-6-2-7(9)12-13-8(6)10/h2,5H,3-4H2,1H3,(H,11,12). The Morgan fingerprint density at radius 3 is 2.79 bits per heavy atom. The molecule has 1 aromatic heterocycles. The number of hydrogen-bond donors (Lipinski definition) is 1. The van der Waals surface area contributed by atoms with Gasteiger partial charge in [-0.05, 0) is 7.05 Å². The van der Waals surface area contributed by atoms with E-state index in [4.69, 9.17) is 23.2 Å². The Morgan fingerprint density at radius 2 is 2.14 bits per heavy atom. The first-order valence-corrected chi connectivity index (χ1v) is 5.04. The van der Waals surface area contributed by atoms with E-state index in [0.29, 0.717) is 16.3 Å². The molecule has 0 aliphatic carbocycles. The summed E-state index contributed by atoms with van der Waals surface area (Å²) in [6.07, 6.45) is 0. The molecule has 0 atom stereocenters. The van der Waals surface area contributed by atoms with Crippen molar-refractivity contribution in [2.24, 2.45) is 0 Å². The minimum Gasteiger partial charge on any atom is -0.377 e. The number of anilines is 1. The van der Waals surface area contributed by atoms with E-state index in [1.54, 1.807) is 6.07 Å². The molecule has 1 fully saturated rings. The second kappa shape index (κ2) is 3.88. The fourth-order valence-electron chi connectivity index (χ4n) is 1.46. The van der Waals surface area contributed by atoms with Crippen LogP contribution >= 0.6 is 23.2 Å². The number of aromatic nitrogens is 2. The minimum absolute atomic E-state index is 0.351. The largest absolute Gasteiger partial charge is 0.377 e.